The van der Waals surface area contributed by atoms with E-state index in [1.54, 1.807) is 0 Å². The van der Waals surface area contributed by atoms with E-state index in [9.17, 15) is 4.79 Å². The van der Waals surface area contributed by atoms with Gasteiger partial charge in [-0.25, -0.2) is 0 Å². The molecule has 1 N–H and O–H groups in total. The van der Waals surface area contributed by atoms with Crippen molar-refractivity contribution in [1.29, 1.82) is 0 Å². The van der Waals surface area contributed by atoms with Crippen LogP contribution in [0.3, 0.4) is 0 Å². The summed E-state index contributed by atoms with van der Waals surface area (Å²) in [7, 11) is 0. The van der Waals surface area contributed by atoms with Crippen LogP contribution in [0.1, 0.15) is 57.2 Å². The number of allylic oxidation sites excluding steroid dienone is 2. The Bertz CT molecular complexity index is 767. The molecule has 0 aromatic carbocycles. The number of rotatable bonds is 6. The fourth-order valence-corrected chi connectivity index (χ4v) is 5.64. The Balaban J connectivity index is 1.21. The fourth-order valence-electron chi connectivity index (χ4n) is 5.64. The molecule has 3 saturated heterocycles. The summed E-state index contributed by atoms with van der Waals surface area (Å²) in [5.41, 5.74) is -0.0421. The van der Waals surface area contributed by atoms with Crippen molar-refractivity contribution in [2.45, 2.75) is 63.7 Å². The van der Waals surface area contributed by atoms with Gasteiger partial charge in [-0.15, -0.1) is 0 Å². The number of hydrogen-bond acceptors (Lipinski definition) is 6. The zero-order valence-corrected chi connectivity index (χ0v) is 16.8. The van der Waals surface area contributed by atoms with Crippen LogP contribution in [-0.4, -0.2) is 52.3 Å². The van der Waals surface area contributed by atoms with Crippen LogP contribution in [0.25, 0.3) is 0 Å². The normalized spacial score (nSPS) is 34.6. The maximum absolute atomic E-state index is 12.4. The van der Waals surface area contributed by atoms with Crippen LogP contribution >= 0.6 is 0 Å². The standard InChI is InChI=1S/C21H30N4O3/c1-13(2)20-23-18(24-28-20)11-25-10-16-15(17-7-8-21(16,12-25)27-17)9-22-19(26)14-5-3-4-6-14/h3-4,13-17H,5-12H2,1-2H3,(H,22,26)/t15-,16+,17+,21+/m0/s1. The molecule has 28 heavy (non-hydrogen) atoms. The van der Waals surface area contributed by atoms with Gasteiger partial charge in [-0.3, -0.25) is 9.69 Å². The van der Waals surface area contributed by atoms with Crippen molar-refractivity contribution in [3.8, 4) is 0 Å². The quantitative estimate of drug-likeness (QED) is 0.756. The van der Waals surface area contributed by atoms with E-state index in [2.05, 4.69) is 46.4 Å². The SMILES string of the molecule is CC(C)c1nc(CN2C[C@@H]3[C@H](CNC(=O)C4CC=CC4)[C@H]4CC[C@]3(C2)O4)no1. The first-order valence-electron chi connectivity index (χ1n) is 10.7. The highest BCUT2D eigenvalue weighted by Crippen LogP contribution is 2.54. The van der Waals surface area contributed by atoms with Crippen molar-refractivity contribution in [2.75, 3.05) is 19.6 Å². The Kier molecular flexibility index (Phi) is 4.55. The maximum Gasteiger partial charge on any atom is 0.229 e. The average molecular weight is 386 g/mol. The van der Waals surface area contributed by atoms with Gasteiger partial charge in [-0.2, -0.15) is 4.98 Å². The Hall–Kier alpha value is -1.73. The van der Waals surface area contributed by atoms with Gasteiger partial charge in [0.05, 0.1) is 18.2 Å². The van der Waals surface area contributed by atoms with Crippen molar-refractivity contribution < 1.29 is 14.1 Å². The summed E-state index contributed by atoms with van der Waals surface area (Å²) in [5.74, 6) is 2.92. The summed E-state index contributed by atoms with van der Waals surface area (Å²) in [5, 5.41) is 7.37. The van der Waals surface area contributed by atoms with Gasteiger partial charge in [-0.1, -0.05) is 31.2 Å². The lowest BCUT2D eigenvalue weighted by molar-refractivity contribution is -0.124. The van der Waals surface area contributed by atoms with E-state index in [-0.39, 0.29) is 23.3 Å². The number of carbonyl (C=O) groups is 1. The summed E-state index contributed by atoms with van der Waals surface area (Å²) in [6.45, 7) is 7.46. The van der Waals surface area contributed by atoms with Gasteiger partial charge in [0.25, 0.3) is 0 Å². The molecule has 3 fully saturated rings. The zero-order chi connectivity index (χ0) is 19.3. The molecule has 7 heteroatoms. The monoisotopic (exact) mass is 386 g/mol. The lowest BCUT2D eigenvalue weighted by atomic mass is 9.73. The number of hydrogen-bond donors (Lipinski definition) is 1. The van der Waals surface area contributed by atoms with Gasteiger partial charge in [0, 0.05) is 43.3 Å². The van der Waals surface area contributed by atoms with Gasteiger partial charge < -0.3 is 14.6 Å². The maximum atomic E-state index is 12.4. The molecule has 1 aromatic heterocycles. The Morgan fingerprint density at radius 2 is 2.21 bits per heavy atom. The predicted molar refractivity (Wildman–Crippen MR) is 102 cm³/mol. The lowest BCUT2D eigenvalue weighted by Crippen LogP contribution is -2.43. The van der Waals surface area contributed by atoms with Crippen LogP contribution in [0, 0.1) is 17.8 Å². The Labute approximate surface area is 165 Å². The molecule has 4 atom stereocenters. The predicted octanol–water partition coefficient (Wildman–Crippen LogP) is 2.25. The minimum Gasteiger partial charge on any atom is -0.370 e. The molecule has 1 aliphatic carbocycles. The van der Waals surface area contributed by atoms with E-state index in [0.717, 1.165) is 51.1 Å². The lowest BCUT2D eigenvalue weighted by Gasteiger charge is -2.29. The van der Waals surface area contributed by atoms with Crippen LogP contribution in [0.4, 0.5) is 0 Å². The molecule has 152 valence electrons. The summed E-state index contributed by atoms with van der Waals surface area (Å²) in [6.07, 6.45) is 8.50. The summed E-state index contributed by atoms with van der Waals surface area (Å²) < 4.78 is 11.8. The van der Waals surface area contributed by atoms with E-state index in [0.29, 0.717) is 30.4 Å². The first-order chi connectivity index (χ1) is 13.5. The number of amides is 1. The van der Waals surface area contributed by atoms with Crippen LogP contribution in [-0.2, 0) is 16.1 Å². The molecule has 0 radical (unpaired) electrons. The third-order valence-electron chi connectivity index (χ3n) is 7.09. The highest BCUT2D eigenvalue weighted by Gasteiger charge is 2.62. The molecule has 0 unspecified atom stereocenters. The first-order valence-corrected chi connectivity index (χ1v) is 10.7. The van der Waals surface area contributed by atoms with Crippen LogP contribution in [0.5, 0.6) is 0 Å². The van der Waals surface area contributed by atoms with Gasteiger partial charge in [0.2, 0.25) is 11.8 Å². The number of carbonyl (C=O) groups excluding carboxylic acids is 1. The van der Waals surface area contributed by atoms with Crippen molar-refractivity contribution in [3.63, 3.8) is 0 Å². The smallest absolute Gasteiger partial charge is 0.229 e. The van der Waals surface area contributed by atoms with Crippen LogP contribution < -0.4 is 5.32 Å². The molecule has 7 nitrogen and oxygen atoms in total. The highest BCUT2D eigenvalue weighted by molar-refractivity contribution is 5.79. The largest absolute Gasteiger partial charge is 0.370 e. The molecule has 1 aromatic rings. The molecule has 3 aliphatic heterocycles. The van der Waals surface area contributed by atoms with Gasteiger partial charge in [-0.05, 0) is 25.7 Å². The molecule has 0 saturated carbocycles. The minimum atomic E-state index is -0.0421. The molecule has 1 spiro atoms. The molecule has 2 bridgehead atoms. The van der Waals surface area contributed by atoms with Crippen molar-refractivity contribution in [1.82, 2.24) is 20.4 Å². The van der Waals surface area contributed by atoms with E-state index in [1.807, 2.05) is 0 Å². The third-order valence-corrected chi connectivity index (χ3v) is 7.09. The number of aromatic nitrogens is 2. The van der Waals surface area contributed by atoms with Crippen molar-refractivity contribution in [3.05, 3.63) is 23.9 Å². The Morgan fingerprint density at radius 1 is 1.39 bits per heavy atom. The molecule has 5 rings (SSSR count). The highest BCUT2D eigenvalue weighted by atomic mass is 16.5. The van der Waals surface area contributed by atoms with Crippen LogP contribution in [0.2, 0.25) is 0 Å². The average Bonchev–Trinajstić information content (AvgIpc) is 3.44. The van der Waals surface area contributed by atoms with E-state index in [1.165, 1.54) is 0 Å². The first kappa shape index (κ1) is 18.3. The Morgan fingerprint density at radius 3 is 2.96 bits per heavy atom. The molecular formula is C21H30N4O3. The van der Waals surface area contributed by atoms with Gasteiger partial charge >= 0.3 is 0 Å². The summed E-state index contributed by atoms with van der Waals surface area (Å²) >= 11 is 0. The topological polar surface area (TPSA) is 80.5 Å². The second-order valence-electron chi connectivity index (χ2n) is 9.29. The summed E-state index contributed by atoms with van der Waals surface area (Å²) in [6, 6.07) is 0. The number of nitrogens with zero attached hydrogens (tertiary/aromatic N) is 3. The molecule has 4 heterocycles. The van der Waals surface area contributed by atoms with Crippen LogP contribution in [0.15, 0.2) is 16.7 Å². The number of fused-ring (bicyclic) bond motifs is 1. The van der Waals surface area contributed by atoms with Gasteiger partial charge in [0.15, 0.2) is 5.82 Å². The zero-order valence-electron chi connectivity index (χ0n) is 16.8. The van der Waals surface area contributed by atoms with Gasteiger partial charge in [0.1, 0.15) is 0 Å². The summed E-state index contributed by atoms with van der Waals surface area (Å²) in [4.78, 5) is 19.4. The molecule has 4 aliphatic rings. The number of likely N-dealkylation sites (tertiary alicyclic amines) is 1. The van der Waals surface area contributed by atoms with E-state index in [4.69, 9.17) is 9.26 Å². The van der Waals surface area contributed by atoms with E-state index < -0.39 is 0 Å². The molecular weight excluding hydrogens is 356 g/mol. The fraction of sp³-hybridized carbons (Fsp3) is 0.762. The number of nitrogens with one attached hydrogen (secondary N) is 1. The third kappa shape index (κ3) is 3.08. The minimum absolute atomic E-state index is 0.0421. The molecule has 1 amide bonds. The number of ether oxygens (including phenoxy) is 1. The van der Waals surface area contributed by atoms with Crippen molar-refractivity contribution in [2.24, 2.45) is 17.8 Å². The van der Waals surface area contributed by atoms with E-state index >= 15 is 0 Å². The van der Waals surface area contributed by atoms with Crippen molar-refractivity contribution >= 4 is 5.91 Å². The second kappa shape index (κ2) is 6.95. The second-order valence-corrected chi connectivity index (χ2v) is 9.29.